The van der Waals surface area contributed by atoms with Crippen LogP contribution in [0.2, 0.25) is 5.02 Å². The van der Waals surface area contributed by atoms with Crippen molar-refractivity contribution >= 4 is 17.5 Å². The van der Waals surface area contributed by atoms with E-state index in [0.29, 0.717) is 17.9 Å². The number of nitrogens with one attached hydrogen (secondary N) is 1. The van der Waals surface area contributed by atoms with Crippen molar-refractivity contribution in [2.24, 2.45) is 0 Å². The quantitative estimate of drug-likeness (QED) is 0.808. The van der Waals surface area contributed by atoms with Crippen molar-refractivity contribution in [1.82, 2.24) is 5.32 Å². The lowest BCUT2D eigenvalue weighted by Crippen LogP contribution is -2.28. The first kappa shape index (κ1) is 17.4. The van der Waals surface area contributed by atoms with Crippen LogP contribution in [0.1, 0.15) is 36.9 Å². The highest BCUT2D eigenvalue weighted by atomic mass is 35.5. The van der Waals surface area contributed by atoms with Crippen LogP contribution in [0.4, 0.5) is 0 Å². The summed E-state index contributed by atoms with van der Waals surface area (Å²) in [5.41, 5.74) is 2.12. The number of para-hydroxylation sites is 1. The Hall–Kier alpha value is -2.00. The van der Waals surface area contributed by atoms with Gasteiger partial charge in [-0.15, -0.1) is 0 Å². The van der Waals surface area contributed by atoms with E-state index in [0.717, 1.165) is 23.3 Å². The van der Waals surface area contributed by atoms with Gasteiger partial charge in [0.15, 0.2) is 0 Å². The molecule has 2 rings (SSSR count). The van der Waals surface area contributed by atoms with Crippen molar-refractivity contribution < 1.29 is 9.53 Å². The lowest BCUT2D eigenvalue weighted by molar-refractivity contribution is -0.121. The summed E-state index contributed by atoms with van der Waals surface area (Å²) in [6, 6.07) is 15.4. The summed E-state index contributed by atoms with van der Waals surface area (Å²) in [5.74, 6) is 0.864. The van der Waals surface area contributed by atoms with Crippen LogP contribution in [0, 0.1) is 0 Å². The topological polar surface area (TPSA) is 38.3 Å². The summed E-state index contributed by atoms with van der Waals surface area (Å²) in [4.78, 5) is 12.2. The fourth-order valence-electron chi connectivity index (χ4n) is 2.54. The van der Waals surface area contributed by atoms with Gasteiger partial charge in [-0.3, -0.25) is 4.79 Å². The number of ether oxygens (including phenoxy) is 1. The largest absolute Gasteiger partial charge is 0.496 e. The fourth-order valence-corrected chi connectivity index (χ4v) is 2.67. The Balaban J connectivity index is 1.94. The minimum Gasteiger partial charge on any atom is -0.496 e. The van der Waals surface area contributed by atoms with Crippen LogP contribution in [0.3, 0.4) is 0 Å². The zero-order valence-corrected chi connectivity index (χ0v) is 14.3. The molecular weight excluding hydrogens is 310 g/mol. The summed E-state index contributed by atoms with van der Waals surface area (Å²) in [5, 5.41) is 3.79. The molecule has 0 saturated carbocycles. The lowest BCUT2D eigenvalue weighted by atomic mass is 10.0. The number of rotatable bonds is 7. The predicted molar refractivity (Wildman–Crippen MR) is 93.9 cm³/mol. The number of amides is 1. The van der Waals surface area contributed by atoms with Crippen molar-refractivity contribution in [3.8, 4) is 5.75 Å². The van der Waals surface area contributed by atoms with Gasteiger partial charge in [-0.1, -0.05) is 48.9 Å². The summed E-state index contributed by atoms with van der Waals surface area (Å²) >= 11 is 5.91. The Bertz CT molecular complexity index is 640. The highest BCUT2D eigenvalue weighted by Gasteiger charge is 2.13. The van der Waals surface area contributed by atoms with Gasteiger partial charge in [-0.05, 0) is 42.2 Å². The van der Waals surface area contributed by atoms with Gasteiger partial charge in [-0.25, -0.2) is 0 Å². The average molecular weight is 332 g/mol. The van der Waals surface area contributed by atoms with Crippen LogP contribution in [0.25, 0.3) is 0 Å². The van der Waals surface area contributed by atoms with Crippen LogP contribution in [-0.4, -0.2) is 13.0 Å². The first-order valence-corrected chi connectivity index (χ1v) is 8.18. The molecule has 0 radical (unpaired) electrons. The average Bonchev–Trinajstić information content (AvgIpc) is 2.59. The Morgan fingerprint density at radius 3 is 2.52 bits per heavy atom. The number of carbonyl (C=O) groups excluding carboxylic acids is 1. The third-order valence-electron chi connectivity index (χ3n) is 3.83. The first-order valence-electron chi connectivity index (χ1n) is 7.80. The normalized spacial score (nSPS) is 11.8. The van der Waals surface area contributed by atoms with Crippen molar-refractivity contribution in [2.75, 3.05) is 7.11 Å². The zero-order chi connectivity index (χ0) is 16.7. The molecule has 0 aromatic heterocycles. The standard InChI is InChI=1S/C19H22ClNO2/c1-3-17(14-8-11-16(20)12-9-14)21-19(22)13-10-15-6-4-5-7-18(15)23-2/h4-9,11-12,17H,3,10,13H2,1-2H3,(H,21,22). The van der Waals surface area contributed by atoms with E-state index < -0.39 is 0 Å². The number of benzene rings is 2. The van der Waals surface area contributed by atoms with Gasteiger partial charge in [0.1, 0.15) is 5.75 Å². The van der Waals surface area contributed by atoms with E-state index in [1.54, 1.807) is 7.11 Å². The molecule has 2 aromatic rings. The summed E-state index contributed by atoms with van der Waals surface area (Å²) in [6.45, 7) is 2.06. The molecule has 0 heterocycles. The number of carbonyl (C=O) groups is 1. The molecule has 0 aliphatic heterocycles. The van der Waals surface area contributed by atoms with Gasteiger partial charge in [0.05, 0.1) is 13.2 Å². The molecule has 1 N–H and O–H groups in total. The van der Waals surface area contributed by atoms with Crippen molar-refractivity contribution in [3.05, 3.63) is 64.7 Å². The zero-order valence-electron chi connectivity index (χ0n) is 13.5. The third-order valence-corrected chi connectivity index (χ3v) is 4.08. The molecule has 0 saturated heterocycles. The molecule has 4 heteroatoms. The van der Waals surface area contributed by atoms with Crippen LogP contribution >= 0.6 is 11.6 Å². The first-order chi connectivity index (χ1) is 11.1. The van der Waals surface area contributed by atoms with Crippen molar-refractivity contribution in [2.45, 2.75) is 32.2 Å². The maximum atomic E-state index is 12.2. The predicted octanol–water partition coefficient (Wildman–Crippen LogP) is 4.55. The monoisotopic (exact) mass is 331 g/mol. The molecule has 1 amide bonds. The van der Waals surface area contributed by atoms with Crippen molar-refractivity contribution in [3.63, 3.8) is 0 Å². The molecule has 0 spiro atoms. The molecule has 2 aromatic carbocycles. The Kier molecular flexibility index (Phi) is 6.48. The van der Waals surface area contributed by atoms with Gasteiger partial charge in [-0.2, -0.15) is 0 Å². The van der Waals surface area contributed by atoms with Crippen LogP contribution < -0.4 is 10.1 Å². The number of aryl methyl sites for hydroxylation is 1. The van der Waals surface area contributed by atoms with Gasteiger partial charge in [0.2, 0.25) is 5.91 Å². The van der Waals surface area contributed by atoms with Crippen LogP contribution in [0.15, 0.2) is 48.5 Å². The second kappa shape index (κ2) is 8.59. The van der Waals surface area contributed by atoms with E-state index in [2.05, 4.69) is 12.2 Å². The Morgan fingerprint density at radius 1 is 1.17 bits per heavy atom. The molecule has 0 bridgehead atoms. The highest BCUT2D eigenvalue weighted by Crippen LogP contribution is 2.21. The van der Waals surface area contributed by atoms with Gasteiger partial charge >= 0.3 is 0 Å². The summed E-state index contributed by atoms with van der Waals surface area (Å²) in [6.07, 6.45) is 1.93. The molecule has 0 fully saturated rings. The molecule has 0 aliphatic rings. The van der Waals surface area contributed by atoms with Crippen LogP contribution in [0.5, 0.6) is 5.75 Å². The Labute approximate surface area is 142 Å². The van der Waals surface area contributed by atoms with Gasteiger partial charge < -0.3 is 10.1 Å². The number of halogens is 1. The fraction of sp³-hybridized carbons (Fsp3) is 0.316. The second-order valence-electron chi connectivity index (χ2n) is 5.39. The second-order valence-corrected chi connectivity index (χ2v) is 5.83. The van der Waals surface area contributed by atoms with E-state index >= 15 is 0 Å². The van der Waals surface area contributed by atoms with Gasteiger partial charge in [0, 0.05) is 11.4 Å². The SMILES string of the molecule is CCC(NC(=O)CCc1ccccc1OC)c1ccc(Cl)cc1. The molecule has 23 heavy (non-hydrogen) atoms. The van der Waals surface area contributed by atoms with E-state index in [1.807, 2.05) is 48.5 Å². The van der Waals surface area contributed by atoms with Crippen molar-refractivity contribution in [1.29, 1.82) is 0 Å². The van der Waals surface area contributed by atoms with Crippen LogP contribution in [-0.2, 0) is 11.2 Å². The Morgan fingerprint density at radius 2 is 1.87 bits per heavy atom. The number of methoxy groups -OCH3 is 1. The van der Waals surface area contributed by atoms with E-state index in [1.165, 1.54) is 0 Å². The number of hydrogen-bond acceptors (Lipinski definition) is 2. The number of hydrogen-bond donors (Lipinski definition) is 1. The molecular formula is C19H22ClNO2. The molecule has 0 aliphatic carbocycles. The maximum Gasteiger partial charge on any atom is 0.220 e. The smallest absolute Gasteiger partial charge is 0.220 e. The third kappa shape index (κ3) is 5.00. The van der Waals surface area contributed by atoms with E-state index in [-0.39, 0.29) is 11.9 Å². The van der Waals surface area contributed by atoms with E-state index in [9.17, 15) is 4.79 Å². The highest BCUT2D eigenvalue weighted by molar-refractivity contribution is 6.30. The minimum atomic E-state index is 0.0115. The van der Waals surface area contributed by atoms with E-state index in [4.69, 9.17) is 16.3 Å². The molecule has 1 atom stereocenters. The minimum absolute atomic E-state index is 0.0115. The summed E-state index contributed by atoms with van der Waals surface area (Å²) in [7, 11) is 1.65. The van der Waals surface area contributed by atoms with Gasteiger partial charge in [0.25, 0.3) is 0 Å². The molecule has 1 unspecified atom stereocenters. The lowest BCUT2D eigenvalue weighted by Gasteiger charge is -2.18. The molecule has 3 nitrogen and oxygen atoms in total. The maximum absolute atomic E-state index is 12.2. The summed E-state index contributed by atoms with van der Waals surface area (Å²) < 4.78 is 5.32. The molecule has 122 valence electrons.